The fraction of sp³-hybridized carbons (Fsp3) is 0.394. The van der Waals surface area contributed by atoms with Gasteiger partial charge in [0.05, 0.1) is 16.7 Å². The van der Waals surface area contributed by atoms with Crippen molar-refractivity contribution >= 4 is 37.9 Å². The topological polar surface area (TPSA) is 107 Å². The lowest BCUT2D eigenvalue weighted by Gasteiger charge is -2.22. The second-order valence-electron chi connectivity index (χ2n) is 11.0. The number of hydrogen-bond acceptors (Lipinski definition) is 8. The molecule has 1 aliphatic heterocycles. The molecule has 2 aromatic heterocycles. The van der Waals surface area contributed by atoms with Crippen LogP contribution in [-0.4, -0.2) is 43.1 Å². The van der Waals surface area contributed by atoms with Crippen molar-refractivity contribution in [3.8, 4) is 0 Å². The molecule has 0 bridgehead atoms. The Morgan fingerprint density at radius 2 is 1.88 bits per heavy atom. The van der Waals surface area contributed by atoms with Crippen LogP contribution in [0.3, 0.4) is 0 Å². The Bertz CT molecular complexity index is 1560. The number of aliphatic hydroxyl groups excluding tert-OH is 1. The third-order valence-corrected chi connectivity index (χ3v) is 10.6. The summed E-state index contributed by atoms with van der Waals surface area (Å²) in [5.41, 5.74) is 4.42. The van der Waals surface area contributed by atoms with Gasteiger partial charge in [0.25, 0.3) is 10.0 Å². The second-order valence-corrected chi connectivity index (χ2v) is 13.8. The Labute approximate surface area is 259 Å². The number of unbranched alkanes of at least 4 members (excludes halogenated alkanes) is 4. The van der Waals surface area contributed by atoms with Crippen LogP contribution < -0.4 is 14.9 Å². The summed E-state index contributed by atoms with van der Waals surface area (Å²) in [7, 11) is -3.91. The number of rotatable bonds is 16. The number of pyridine rings is 1. The smallest absolute Gasteiger partial charge is 0.270 e. The monoisotopic (exact) mass is 619 g/mol. The first-order valence-electron chi connectivity index (χ1n) is 15.2. The number of aryl methyl sites for hydroxylation is 1. The molecule has 4 aromatic rings. The van der Waals surface area contributed by atoms with Gasteiger partial charge in [-0.05, 0) is 79.8 Å². The summed E-state index contributed by atoms with van der Waals surface area (Å²) in [6.45, 7) is 4.13. The van der Waals surface area contributed by atoms with Crippen LogP contribution in [-0.2, 0) is 29.3 Å². The average molecular weight is 620 g/mol. The molecule has 1 atom stereocenters. The molecule has 228 valence electrons. The zero-order chi connectivity index (χ0) is 30.1. The SMILES string of the molecule is CCCCCCCc1cnc(N(c2ccc(CCNCC(O)c3cccnc3)cc2)S(=O)(=O)c2ccc3c(c2)CCN3)s1. The molecule has 0 aliphatic carbocycles. The lowest BCUT2D eigenvalue weighted by Crippen LogP contribution is -2.26. The van der Waals surface area contributed by atoms with E-state index in [0.29, 0.717) is 23.9 Å². The van der Waals surface area contributed by atoms with Gasteiger partial charge in [-0.2, -0.15) is 0 Å². The van der Waals surface area contributed by atoms with Crippen LogP contribution in [0.4, 0.5) is 16.5 Å². The van der Waals surface area contributed by atoms with E-state index >= 15 is 0 Å². The maximum Gasteiger partial charge on any atom is 0.270 e. The fourth-order valence-electron chi connectivity index (χ4n) is 5.27. The van der Waals surface area contributed by atoms with Crippen LogP contribution >= 0.6 is 11.3 Å². The van der Waals surface area contributed by atoms with Crippen molar-refractivity contribution in [2.45, 2.75) is 69.3 Å². The maximum atomic E-state index is 14.2. The molecule has 8 nitrogen and oxygen atoms in total. The molecule has 1 unspecified atom stereocenters. The molecule has 0 amide bonds. The van der Waals surface area contributed by atoms with E-state index in [1.165, 1.54) is 41.3 Å². The quantitative estimate of drug-likeness (QED) is 0.124. The summed E-state index contributed by atoms with van der Waals surface area (Å²) in [6.07, 6.45) is 12.9. The Hall–Kier alpha value is -3.31. The Morgan fingerprint density at radius 3 is 2.67 bits per heavy atom. The second kappa shape index (κ2) is 14.9. The lowest BCUT2D eigenvalue weighted by atomic mass is 10.1. The summed E-state index contributed by atoms with van der Waals surface area (Å²) in [5.74, 6) is 0. The standard InChI is InChI=1S/C33H41N5O3S2/c1-2-3-4-5-6-9-29-23-37-33(42-29)38(43(40,41)30-14-15-31-26(21-30)17-20-36-31)28-12-10-25(11-13-28)16-19-35-24-32(39)27-8-7-18-34-22-27/h7-8,10-15,18,21-23,32,35-36,39H,2-6,9,16-17,19-20,24H2,1H3. The highest BCUT2D eigenvalue weighted by Gasteiger charge is 2.30. The maximum absolute atomic E-state index is 14.2. The van der Waals surface area contributed by atoms with E-state index in [1.807, 2.05) is 48.7 Å². The first-order chi connectivity index (χ1) is 21.0. The predicted octanol–water partition coefficient (Wildman–Crippen LogP) is 6.41. The minimum atomic E-state index is -3.91. The van der Waals surface area contributed by atoms with Crippen molar-refractivity contribution in [2.24, 2.45) is 0 Å². The number of nitrogens with one attached hydrogen (secondary N) is 2. The van der Waals surface area contributed by atoms with Gasteiger partial charge in [-0.3, -0.25) is 4.98 Å². The summed E-state index contributed by atoms with van der Waals surface area (Å²) in [6, 6.07) is 16.6. The molecule has 2 aromatic carbocycles. The van der Waals surface area contributed by atoms with E-state index in [4.69, 9.17) is 0 Å². The first kappa shape index (κ1) is 31.1. The highest BCUT2D eigenvalue weighted by atomic mass is 32.2. The minimum Gasteiger partial charge on any atom is -0.387 e. The van der Waals surface area contributed by atoms with E-state index in [2.05, 4.69) is 27.5 Å². The van der Waals surface area contributed by atoms with E-state index < -0.39 is 16.1 Å². The molecule has 0 saturated carbocycles. The van der Waals surface area contributed by atoms with Crippen LogP contribution in [0.1, 0.15) is 66.7 Å². The van der Waals surface area contributed by atoms with Gasteiger partial charge in [0.1, 0.15) is 0 Å². The number of hydrogen-bond donors (Lipinski definition) is 3. The summed E-state index contributed by atoms with van der Waals surface area (Å²) in [5, 5.41) is 17.4. The molecule has 0 fully saturated rings. The number of fused-ring (bicyclic) bond motifs is 1. The molecule has 0 spiro atoms. The lowest BCUT2D eigenvalue weighted by molar-refractivity contribution is 0.174. The van der Waals surface area contributed by atoms with Crippen molar-refractivity contribution in [3.63, 3.8) is 0 Å². The largest absolute Gasteiger partial charge is 0.387 e. The zero-order valence-corrected chi connectivity index (χ0v) is 26.3. The number of benzene rings is 2. The highest BCUT2D eigenvalue weighted by Crippen LogP contribution is 2.37. The van der Waals surface area contributed by atoms with Crippen molar-refractivity contribution in [2.75, 3.05) is 29.3 Å². The predicted molar refractivity (Wildman–Crippen MR) is 175 cm³/mol. The number of nitrogens with zero attached hydrogens (tertiary/aromatic N) is 3. The Morgan fingerprint density at radius 1 is 1.05 bits per heavy atom. The van der Waals surface area contributed by atoms with E-state index in [1.54, 1.807) is 24.5 Å². The number of anilines is 3. The highest BCUT2D eigenvalue weighted by molar-refractivity contribution is 7.93. The van der Waals surface area contributed by atoms with Crippen molar-refractivity contribution in [1.29, 1.82) is 0 Å². The zero-order valence-electron chi connectivity index (χ0n) is 24.7. The molecular formula is C33H41N5O3S2. The molecule has 0 radical (unpaired) electrons. The Kier molecular flexibility index (Phi) is 10.8. The van der Waals surface area contributed by atoms with E-state index in [9.17, 15) is 13.5 Å². The first-order valence-corrected chi connectivity index (χ1v) is 17.5. The van der Waals surface area contributed by atoms with Gasteiger partial charge in [-0.1, -0.05) is 50.8 Å². The molecule has 5 rings (SSSR count). The number of sulfonamides is 1. The molecule has 1 aliphatic rings. The third-order valence-electron chi connectivity index (χ3n) is 7.73. The molecule has 3 heterocycles. The van der Waals surface area contributed by atoms with Gasteiger partial charge in [0.2, 0.25) is 5.13 Å². The molecule has 10 heteroatoms. The van der Waals surface area contributed by atoms with Crippen LogP contribution in [0.2, 0.25) is 0 Å². The minimum absolute atomic E-state index is 0.270. The summed E-state index contributed by atoms with van der Waals surface area (Å²) in [4.78, 5) is 10.0. The normalized spacial score (nSPS) is 13.4. The van der Waals surface area contributed by atoms with Gasteiger partial charge in [0.15, 0.2) is 0 Å². The molecule has 3 N–H and O–H groups in total. The van der Waals surface area contributed by atoms with Gasteiger partial charge >= 0.3 is 0 Å². The van der Waals surface area contributed by atoms with Crippen molar-refractivity contribution in [1.82, 2.24) is 15.3 Å². The number of thiazole rings is 1. The Balaban J connectivity index is 1.30. The van der Waals surface area contributed by atoms with Crippen LogP contribution in [0, 0.1) is 0 Å². The third kappa shape index (κ3) is 8.00. The van der Waals surface area contributed by atoms with Crippen molar-refractivity contribution < 1.29 is 13.5 Å². The van der Waals surface area contributed by atoms with Gasteiger partial charge in [0, 0.05) is 47.8 Å². The number of aromatic nitrogens is 2. The van der Waals surface area contributed by atoms with E-state index in [0.717, 1.165) is 59.5 Å². The van der Waals surface area contributed by atoms with Crippen LogP contribution in [0.25, 0.3) is 0 Å². The summed E-state index contributed by atoms with van der Waals surface area (Å²) >= 11 is 1.45. The molecular weight excluding hydrogens is 579 g/mol. The number of aliphatic hydroxyl groups is 1. The average Bonchev–Trinajstić information content (AvgIpc) is 3.70. The van der Waals surface area contributed by atoms with Gasteiger partial charge < -0.3 is 15.7 Å². The molecule has 0 saturated heterocycles. The van der Waals surface area contributed by atoms with Crippen LogP contribution in [0.15, 0.2) is 78.1 Å². The van der Waals surface area contributed by atoms with E-state index in [-0.39, 0.29) is 4.90 Å². The fourth-order valence-corrected chi connectivity index (χ4v) is 7.95. The van der Waals surface area contributed by atoms with Crippen LogP contribution in [0.5, 0.6) is 0 Å². The van der Waals surface area contributed by atoms with Crippen molar-refractivity contribution in [3.05, 3.63) is 94.8 Å². The summed E-state index contributed by atoms with van der Waals surface area (Å²) < 4.78 is 29.8. The van der Waals surface area contributed by atoms with Gasteiger partial charge in [-0.15, -0.1) is 11.3 Å². The molecule has 43 heavy (non-hydrogen) atoms. The van der Waals surface area contributed by atoms with Gasteiger partial charge in [-0.25, -0.2) is 17.7 Å².